The standard InChI is InChI=1S/C18H12F10NO5P/c1-4(2)3-5(18(30)31)29-35(32,33-16-12(25)8(21)6(19)9(22)13(16)26)34-17-14(27)10(23)7(20)11(24)15(17)28/h4-5H,3H2,1-2H3,(H,29,32)(H,30,31)/t5-/m0/s1. The number of carboxylic acid groups (broad SMARTS) is 1. The zero-order chi connectivity index (χ0) is 27.0. The summed E-state index contributed by atoms with van der Waals surface area (Å²) < 4.78 is 158. The smallest absolute Gasteiger partial charge is 0.480 e. The van der Waals surface area contributed by atoms with E-state index in [9.17, 15) is 58.4 Å². The van der Waals surface area contributed by atoms with E-state index < -0.39 is 102 Å². The van der Waals surface area contributed by atoms with Crippen LogP contribution >= 0.6 is 7.75 Å². The first-order valence-electron chi connectivity index (χ1n) is 9.05. The van der Waals surface area contributed by atoms with E-state index in [1.54, 1.807) is 0 Å². The number of carboxylic acids is 1. The second kappa shape index (κ2) is 10.3. The fraction of sp³-hybridized carbons (Fsp3) is 0.278. The molecule has 0 radical (unpaired) electrons. The van der Waals surface area contributed by atoms with Crippen molar-refractivity contribution >= 4 is 13.7 Å². The average molecular weight is 543 g/mol. The molecule has 2 rings (SSSR count). The molecule has 0 aromatic heterocycles. The third-order valence-corrected chi connectivity index (χ3v) is 5.55. The van der Waals surface area contributed by atoms with Crippen LogP contribution in [-0.2, 0) is 9.36 Å². The third kappa shape index (κ3) is 5.64. The first-order valence-corrected chi connectivity index (χ1v) is 10.6. The summed E-state index contributed by atoms with van der Waals surface area (Å²) in [5.41, 5.74) is 0. The molecule has 6 nitrogen and oxygen atoms in total. The Morgan fingerprint density at radius 1 is 0.714 bits per heavy atom. The molecule has 17 heteroatoms. The molecule has 0 amide bonds. The van der Waals surface area contributed by atoms with Gasteiger partial charge < -0.3 is 14.2 Å². The Bertz CT molecular complexity index is 1090. The van der Waals surface area contributed by atoms with Crippen LogP contribution in [0.25, 0.3) is 0 Å². The number of hydrogen-bond donors (Lipinski definition) is 2. The van der Waals surface area contributed by atoms with Crippen molar-refractivity contribution in [3.63, 3.8) is 0 Å². The van der Waals surface area contributed by atoms with E-state index in [4.69, 9.17) is 0 Å². The van der Waals surface area contributed by atoms with Crippen molar-refractivity contribution in [1.82, 2.24) is 5.09 Å². The highest BCUT2D eigenvalue weighted by Gasteiger charge is 2.42. The summed E-state index contributed by atoms with van der Waals surface area (Å²) in [7, 11) is -6.05. The Balaban J connectivity index is 2.73. The summed E-state index contributed by atoms with van der Waals surface area (Å²) in [5.74, 6) is -34.3. The molecule has 35 heavy (non-hydrogen) atoms. The normalized spacial score (nSPS) is 12.7. The molecule has 194 valence electrons. The molecule has 2 aromatic rings. The minimum atomic E-state index is -6.05. The highest BCUT2D eigenvalue weighted by Crippen LogP contribution is 2.49. The molecular formula is C18H12F10NO5P. The molecule has 0 saturated heterocycles. The van der Waals surface area contributed by atoms with Gasteiger partial charge in [-0.25, -0.2) is 30.9 Å². The quantitative estimate of drug-likeness (QED) is 0.182. The van der Waals surface area contributed by atoms with Crippen LogP contribution in [0.15, 0.2) is 0 Å². The monoisotopic (exact) mass is 543 g/mol. The summed E-state index contributed by atoms with van der Waals surface area (Å²) in [6.45, 7) is 2.80. The highest BCUT2D eigenvalue weighted by molar-refractivity contribution is 7.52. The van der Waals surface area contributed by atoms with Gasteiger partial charge in [0, 0.05) is 0 Å². The lowest BCUT2D eigenvalue weighted by atomic mass is 10.1. The SMILES string of the molecule is CC(C)C[C@H](NP(=O)(Oc1c(F)c(F)c(F)c(F)c1F)Oc1c(F)c(F)c(F)c(F)c1F)C(=O)O. The zero-order valence-electron chi connectivity index (χ0n) is 17.2. The van der Waals surface area contributed by atoms with Gasteiger partial charge in [0.1, 0.15) is 6.04 Å². The molecule has 2 aromatic carbocycles. The van der Waals surface area contributed by atoms with Gasteiger partial charge >= 0.3 is 13.7 Å². The number of hydrogen-bond acceptors (Lipinski definition) is 4. The Morgan fingerprint density at radius 2 is 1.00 bits per heavy atom. The van der Waals surface area contributed by atoms with Crippen LogP contribution in [0, 0.1) is 64.1 Å². The van der Waals surface area contributed by atoms with E-state index in [1.807, 2.05) is 0 Å². The molecule has 0 bridgehead atoms. The predicted molar refractivity (Wildman–Crippen MR) is 95.3 cm³/mol. The lowest BCUT2D eigenvalue weighted by Gasteiger charge is -2.25. The summed E-state index contributed by atoms with van der Waals surface area (Å²) in [4.78, 5) is 11.5. The first kappa shape index (κ1) is 28.2. The molecule has 0 aliphatic rings. The number of carbonyl (C=O) groups is 1. The van der Waals surface area contributed by atoms with Gasteiger partial charge in [-0.15, -0.1) is 0 Å². The Hall–Kier alpha value is -3.00. The largest absolute Gasteiger partial charge is 0.514 e. The molecule has 2 N–H and O–H groups in total. The number of nitrogens with one attached hydrogen (secondary N) is 1. The molecule has 0 heterocycles. The summed E-state index contributed by atoms with van der Waals surface area (Å²) in [6, 6.07) is -2.11. The van der Waals surface area contributed by atoms with Crippen LogP contribution in [0.5, 0.6) is 11.5 Å². The van der Waals surface area contributed by atoms with Crippen molar-refractivity contribution in [2.75, 3.05) is 0 Å². The maximum Gasteiger partial charge on any atom is 0.514 e. The van der Waals surface area contributed by atoms with Crippen molar-refractivity contribution in [2.24, 2.45) is 5.92 Å². The second-order valence-electron chi connectivity index (χ2n) is 7.13. The first-order chi connectivity index (χ1) is 16.0. The Morgan fingerprint density at radius 3 is 1.26 bits per heavy atom. The van der Waals surface area contributed by atoms with Crippen molar-refractivity contribution < 1.29 is 67.4 Å². The lowest BCUT2D eigenvalue weighted by molar-refractivity contribution is -0.139. The third-order valence-electron chi connectivity index (χ3n) is 4.08. The van der Waals surface area contributed by atoms with E-state index in [2.05, 4.69) is 9.05 Å². The van der Waals surface area contributed by atoms with Gasteiger partial charge in [-0.2, -0.15) is 22.6 Å². The fourth-order valence-corrected chi connectivity index (χ4v) is 4.05. The second-order valence-corrected chi connectivity index (χ2v) is 8.75. The van der Waals surface area contributed by atoms with Gasteiger partial charge in [-0.1, -0.05) is 13.8 Å². The minimum absolute atomic E-state index is 0.514. The van der Waals surface area contributed by atoms with Gasteiger partial charge in [-0.3, -0.25) is 4.79 Å². The van der Waals surface area contributed by atoms with Crippen LogP contribution < -0.4 is 14.1 Å². The van der Waals surface area contributed by atoms with Gasteiger partial charge in [0.05, 0.1) is 0 Å². The summed E-state index contributed by atoms with van der Waals surface area (Å²) in [6.07, 6.45) is -0.514. The van der Waals surface area contributed by atoms with Crippen LogP contribution in [0.2, 0.25) is 0 Å². The maximum atomic E-state index is 14.0. The zero-order valence-corrected chi connectivity index (χ0v) is 18.1. The number of benzene rings is 2. The number of aliphatic carboxylic acids is 1. The molecule has 0 spiro atoms. The van der Waals surface area contributed by atoms with E-state index in [0.29, 0.717) is 0 Å². The van der Waals surface area contributed by atoms with E-state index in [0.717, 1.165) is 0 Å². The van der Waals surface area contributed by atoms with Crippen LogP contribution in [0.1, 0.15) is 20.3 Å². The van der Waals surface area contributed by atoms with E-state index in [-0.39, 0.29) is 0 Å². The Labute approximate surface area is 189 Å². The van der Waals surface area contributed by atoms with Crippen LogP contribution in [-0.4, -0.2) is 17.1 Å². The maximum absolute atomic E-state index is 14.0. The average Bonchev–Trinajstić information content (AvgIpc) is 2.79. The van der Waals surface area contributed by atoms with Gasteiger partial charge in [-0.05, 0) is 12.3 Å². The van der Waals surface area contributed by atoms with Crippen molar-refractivity contribution in [3.8, 4) is 11.5 Å². The van der Waals surface area contributed by atoms with Crippen molar-refractivity contribution in [2.45, 2.75) is 26.3 Å². The van der Waals surface area contributed by atoms with E-state index in [1.165, 1.54) is 18.9 Å². The minimum Gasteiger partial charge on any atom is -0.480 e. The summed E-state index contributed by atoms with van der Waals surface area (Å²) >= 11 is 0. The summed E-state index contributed by atoms with van der Waals surface area (Å²) in [5, 5.41) is 10.7. The van der Waals surface area contributed by atoms with Crippen molar-refractivity contribution in [3.05, 3.63) is 58.2 Å². The molecule has 0 saturated carbocycles. The Kier molecular flexibility index (Phi) is 8.32. The molecule has 0 fully saturated rings. The van der Waals surface area contributed by atoms with E-state index >= 15 is 0 Å². The van der Waals surface area contributed by atoms with Crippen LogP contribution in [0.3, 0.4) is 0 Å². The topological polar surface area (TPSA) is 84.9 Å². The predicted octanol–water partition coefficient (Wildman–Crippen LogP) is 5.73. The van der Waals surface area contributed by atoms with Crippen molar-refractivity contribution in [1.29, 1.82) is 0 Å². The molecule has 0 aliphatic carbocycles. The molecule has 0 aliphatic heterocycles. The van der Waals surface area contributed by atoms with Gasteiger partial charge in [0.25, 0.3) is 0 Å². The molecular weight excluding hydrogens is 531 g/mol. The van der Waals surface area contributed by atoms with Gasteiger partial charge in [0.15, 0.2) is 0 Å². The highest BCUT2D eigenvalue weighted by atomic mass is 31.2. The van der Waals surface area contributed by atoms with Gasteiger partial charge in [0.2, 0.25) is 69.7 Å². The molecule has 1 atom stereocenters. The fourth-order valence-electron chi connectivity index (χ4n) is 2.51. The van der Waals surface area contributed by atoms with Crippen LogP contribution in [0.4, 0.5) is 43.9 Å². The number of halogens is 10. The lowest BCUT2D eigenvalue weighted by Crippen LogP contribution is -2.38. The number of rotatable bonds is 9. The molecule has 0 unspecified atom stereocenters.